The van der Waals surface area contributed by atoms with Gasteiger partial charge < -0.3 is 0 Å². The van der Waals surface area contributed by atoms with E-state index in [1.54, 1.807) is 38.1 Å². The second-order valence-electron chi connectivity index (χ2n) is 8.11. The molecule has 0 bridgehead atoms. The first kappa shape index (κ1) is 20.0. The number of aromatic nitrogens is 2. The van der Waals surface area contributed by atoms with Gasteiger partial charge in [-0.15, -0.1) is 0 Å². The fraction of sp³-hybridized carbons (Fsp3) is 0.526. The van der Waals surface area contributed by atoms with Gasteiger partial charge in [-0.3, -0.25) is 4.68 Å². The van der Waals surface area contributed by atoms with Gasteiger partial charge in [-0.2, -0.15) is 5.10 Å². The SMILES string of the molecule is Cn1nc(C(C)(C)C)cc1CCC(C)(C)S(=O)(=O)c1ccc(Cl)cc1. The minimum atomic E-state index is -3.45. The van der Waals surface area contributed by atoms with Crippen molar-refractivity contribution >= 4 is 21.4 Å². The molecule has 2 rings (SSSR count). The van der Waals surface area contributed by atoms with Gasteiger partial charge in [-0.1, -0.05) is 32.4 Å². The van der Waals surface area contributed by atoms with Crippen LogP contribution in [0.15, 0.2) is 35.2 Å². The van der Waals surface area contributed by atoms with Gasteiger partial charge in [0.2, 0.25) is 0 Å². The fourth-order valence-electron chi connectivity index (χ4n) is 2.60. The van der Waals surface area contributed by atoms with Crippen LogP contribution in [-0.2, 0) is 28.7 Å². The molecule has 1 aromatic heterocycles. The quantitative estimate of drug-likeness (QED) is 0.761. The van der Waals surface area contributed by atoms with Crippen LogP contribution in [0.5, 0.6) is 0 Å². The smallest absolute Gasteiger partial charge is 0.183 e. The molecule has 0 saturated heterocycles. The van der Waals surface area contributed by atoms with E-state index in [9.17, 15) is 8.42 Å². The highest BCUT2D eigenvalue weighted by atomic mass is 35.5. The summed E-state index contributed by atoms with van der Waals surface area (Å²) in [5, 5.41) is 5.09. The second-order valence-corrected chi connectivity index (χ2v) is 11.1. The van der Waals surface area contributed by atoms with Crippen molar-refractivity contribution in [3.05, 3.63) is 46.7 Å². The molecule has 25 heavy (non-hydrogen) atoms. The van der Waals surface area contributed by atoms with E-state index in [0.29, 0.717) is 22.8 Å². The molecule has 0 unspecified atom stereocenters. The van der Waals surface area contributed by atoms with Gasteiger partial charge in [-0.25, -0.2) is 8.42 Å². The van der Waals surface area contributed by atoms with Crippen molar-refractivity contribution in [2.24, 2.45) is 7.05 Å². The monoisotopic (exact) mass is 382 g/mol. The maximum absolute atomic E-state index is 13.0. The average molecular weight is 383 g/mol. The van der Waals surface area contributed by atoms with Crippen molar-refractivity contribution in [2.45, 2.75) is 62.5 Å². The molecule has 0 N–H and O–H groups in total. The fourth-order valence-corrected chi connectivity index (χ4v) is 4.23. The van der Waals surface area contributed by atoms with Crippen molar-refractivity contribution in [3.8, 4) is 0 Å². The highest BCUT2D eigenvalue weighted by Gasteiger charge is 2.35. The largest absolute Gasteiger partial charge is 0.272 e. The molecule has 0 spiro atoms. The lowest BCUT2D eigenvalue weighted by Gasteiger charge is -2.25. The Balaban J connectivity index is 2.21. The van der Waals surface area contributed by atoms with E-state index in [2.05, 4.69) is 31.9 Å². The van der Waals surface area contributed by atoms with Crippen molar-refractivity contribution in [3.63, 3.8) is 0 Å². The molecule has 4 nitrogen and oxygen atoms in total. The van der Waals surface area contributed by atoms with Gasteiger partial charge in [-0.05, 0) is 57.0 Å². The van der Waals surface area contributed by atoms with Crippen LogP contribution in [0, 0.1) is 0 Å². The van der Waals surface area contributed by atoms with Gasteiger partial charge in [0.15, 0.2) is 9.84 Å². The minimum absolute atomic E-state index is 0.0269. The van der Waals surface area contributed by atoms with Crippen LogP contribution < -0.4 is 0 Å². The van der Waals surface area contributed by atoms with E-state index < -0.39 is 14.6 Å². The molecular formula is C19H27ClN2O2S. The molecule has 138 valence electrons. The third-order valence-electron chi connectivity index (χ3n) is 4.58. The molecule has 0 aliphatic rings. The lowest BCUT2D eigenvalue weighted by Crippen LogP contribution is -2.32. The summed E-state index contributed by atoms with van der Waals surface area (Å²) in [4.78, 5) is 0.308. The van der Waals surface area contributed by atoms with Gasteiger partial charge in [0.05, 0.1) is 15.3 Å². The lowest BCUT2D eigenvalue weighted by atomic mass is 9.92. The Morgan fingerprint density at radius 1 is 1.08 bits per heavy atom. The van der Waals surface area contributed by atoms with E-state index in [4.69, 9.17) is 11.6 Å². The maximum atomic E-state index is 13.0. The van der Waals surface area contributed by atoms with Crippen molar-refractivity contribution < 1.29 is 8.42 Å². The van der Waals surface area contributed by atoms with Crippen LogP contribution in [-0.4, -0.2) is 22.9 Å². The maximum Gasteiger partial charge on any atom is 0.183 e. The Kier molecular flexibility index (Phi) is 5.41. The predicted molar refractivity (Wildman–Crippen MR) is 103 cm³/mol. The zero-order valence-electron chi connectivity index (χ0n) is 15.8. The average Bonchev–Trinajstić information content (AvgIpc) is 2.87. The number of benzene rings is 1. The van der Waals surface area contributed by atoms with Gasteiger partial charge in [0.1, 0.15) is 0 Å². The van der Waals surface area contributed by atoms with Crippen molar-refractivity contribution in [1.29, 1.82) is 0 Å². The first-order valence-corrected chi connectivity index (χ1v) is 10.2. The molecular weight excluding hydrogens is 356 g/mol. The van der Waals surface area contributed by atoms with E-state index >= 15 is 0 Å². The minimum Gasteiger partial charge on any atom is -0.272 e. The summed E-state index contributed by atoms with van der Waals surface area (Å²) in [5.74, 6) is 0. The van der Waals surface area contributed by atoms with E-state index in [1.807, 2.05) is 11.7 Å². The summed E-state index contributed by atoms with van der Waals surface area (Å²) in [6.07, 6.45) is 1.17. The molecule has 6 heteroatoms. The number of aryl methyl sites for hydroxylation is 2. The lowest BCUT2D eigenvalue weighted by molar-refractivity contribution is 0.519. The highest BCUT2D eigenvalue weighted by molar-refractivity contribution is 7.92. The Morgan fingerprint density at radius 3 is 2.12 bits per heavy atom. The summed E-state index contributed by atoms with van der Waals surface area (Å²) < 4.78 is 26.9. The molecule has 0 amide bonds. The first-order valence-electron chi connectivity index (χ1n) is 8.38. The number of nitrogens with zero attached hydrogens (tertiary/aromatic N) is 2. The van der Waals surface area contributed by atoms with Gasteiger partial charge >= 0.3 is 0 Å². The number of rotatable bonds is 5. The Bertz CT molecular complexity index is 845. The molecule has 0 radical (unpaired) electrons. The Morgan fingerprint density at radius 2 is 1.64 bits per heavy atom. The van der Waals surface area contributed by atoms with Crippen molar-refractivity contribution in [2.75, 3.05) is 0 Å². The Hall–Kier alpha value is -1.33. The van der Waals surface area contributed by atoms with Gasteiger partial charge in [0.25, 0.3) is 0 Å². The number of hydrogen-bond donors (Lipinski definition) is 0. The summed E-state index contributed by atoms with van der Waals surface area (Å²) in [6, 6.07) is 8.44. The van der Waals surface area contributed by atoms with Crippen LogP contribution in [0.25, 0.3) is 0 Å². The molecule has 0 aliphatic heterocycles. The highest BCUT2D eigenvalue weighted by Crippen LogP contribution is 2.31. The van der Waals surface area contributed by atoms with Gasteiger partial charge in [0, 0.05) is 23.2 Å². The van der Waals surface area contributed by atoms with Crippen LogP contribution in [0.2, 0.25) is 5.02 Å². The molecule has 0 saturated carbocycles. The molecule has 0 atom stereocenters. The topological polar surface area (TPSA) is 52.0 Å². The normalized spacial score (nSPS) is 13.2. The van der Waals surface area contributed by atoms with E-state index in [1.165, 1.54) is 0 Å². The number of halogens is 1. The summed E-state index contributed by atoms with van der Waals surface area (Å²) in [5.41, 5.74) is 2.04. The molecule has 0 fully saturated rings. The number of sulfone groups is 1. The predicted octanol–water partition coefficient (Wildman–Crippen LogP) is 4.56. The third kappa shape index (κ3) is 4.26. The molecule has 1 aromatic carbocycles. The molecule has 0 aliphatic carbocycles. The van der Waals surface area contributed by atoms with Crippen LogP contribution in [0.3, 0.4) is 0 Å². The van der Waals surface area contributed by atoms with Crippen LogP contribution >= 0.6 is 11.6 Å². The van der Waals surface area contributed by atoms with Crippen molar-refractivity contribution in [1.82, 2.24) is 9.78 Å². The van der Waals surface area contributed by atoms with E-state index in [0.717, 1.165) is 11.4 Å². The second kappa shape index (κ2) is 6.76. The zero-order chi connectivity index (χ0) is 19.0. The molecule has 2 aromatic rings. The third-order valence-corrected chi connectivity index (χ3v) is 7.38. The Labute approximate surface area is 156 Å². The summed E-state index contributed by atoms with van der Waals surface area (Å²) in [6.45, 7) is 9.91. The summed E-state index contributed by atoms with van der Waals surface area (Å²) >= 11 is 5.87. The van der Waals surface area contributed by atoms with E-state index in [-0.39, 0.29) is 5.41 Å². The summed E-state index contributed by atoms with van der Waals surface area (Å²) in [7, 11) is -1.54. The standard InChI is InChI=1S/C19H27ClN2O2S/c1-18(2,3)17-13-15(22(6)21-17)11-12-19(4,5)25(23,24)16-9-7-14(20)8-10-16/h7-10,13H,11-12H2,1-6H3. The molecule has 1 heterocycles. The number of hydrogen-bond acceptors (Lipinski definition) is 3. The zero-order valence-corrected chi connectivity index (χ0v) is 17.4. The first-order chi connectivity index (χ1) is 11.3. The van der Waals surface area contributed by atoms with Crippen LogP contribution in [0.1, 0.15) is 52.4 Å². The van der Waals surface area contributed by atoms with Crippen LogP contribution in [0.4, 0.5) is 0 Å².